The fourth-order valence-corrected chi connectivity index (χ4v) is 0.232. The maximum Gasteiger partial charge on any atom is 0.202 e. The van der Waals surface area contributed by atoms with Crippen LogP contribution in [-0.4, -0.2) is 18.3 Å². The summed E-state index contributed by atoms with van der Waals surface area (Å²) in [6.07, 6.45) is 0. The highest BCUT2D eigenvalue weighted by Crippen LogP contribution is 1.78. The van der Waals surface area contributed by atoms with Gasteiger partial charge < -0.3 is 14.7 Å². The van der Waals surface area contributed by atoms with Crippen molar-refractivity contribution in [3.8, 4) is 6.07 Å². The topological polar surface area (TPSA) is 85.5 Å². The van der Waals surface area contributed by atoms with Gasteiger partial charge in [0.15, 0.2) is 0 Å². The zero-order valence-electron chi connectivity index (χ0n) is 5.33. The van der Waals surface area contributed by atoms with Gasteiger partial charge in [-0.1, -0.05) is 5.16 Å². The molecule has 0 aliphatic heterocycles. The number of hydrogen-bond acceptors (Lipinski definition) is 5. The molecule has 0 spiro atoms. The van der Waals surface area contributed by atoms with Crippen LogP contribution in [0, 0.1) is 11.3 Å². The third-order valence-electron chi connectivity index (χ3n) is 0.584. The van der Waals surface area contributed by atoms with Gasteiger partial charge in [0.1, 0.15) is 18.6 Å². The second-order valence-electron chi connectivity index (χ2n) is 1.26. The molecule has 5 nitrogen and oxygen atoms in total. The number of aliphatic carboxylic acids is 1. The molecule has 0 rings (SSSR count). The zero-order valence-corrected chi connectivity index (χ0v) is 5.33. The minimum atomic E-state index is -1.63. The first kappa shape index (κ1) is 8.43. The average molecular weight is 141 g/mol. The lowest BCUT2D eigenvalue weighted by Crippen LogP contribution is -2.30. The normalized spacial score (nSPS) is 10.2. The largest absolute Gasteiger partial charge is 0.542 e. The highest BCUT2D eigenvalue weighted by atomic mass is 16.6. The molecule has 10 heavy (non-hydrogen) atoms. The van der Waals surface area contributed by atoms with E-state index in [1.165, 1.54) is 6.07 Å². The molecule has 0 atom stereocenters. The summed E-state index contributed by atoms with van der Waals surface area (Å²) >= 11 is 0. The highest BCUT2D eigenvalue weighted by Gasteiger charge is 1.96. The first-order valence-electron chi connectivity index (χ1n) is 2.53. The Labute approximate surface area is 57.5 Å². The molecule has 0 aliphatic carbocycles. The molecule has 0 N–H and O–H groups in total. The predicted octanol–water partition coefficient (Wildman–Crippen LogP) is -1.35. The van der Waals surface area contributed by atoms with Crippen molar-refractivity contribution in [2.75, 3.05) is 6.61 Å². The Morgan fingerprint density at radius 3 is 2.80 bits per heavy atom. The van der Waals surface area contributed by atoms with Gasteiger partial charge in [0.25, 0.3) is 0 Å². The summed E-state index contributed by atoms with van der Waals surface area (Å²) in [6.45, 7) is 1.84. The molecule has 54 valence electrons. The molecule has 0 radical (unpaired) electrons. The van der Waals surface area contributed by atoms with Gasteiger partial charge in [-0.05, 0) is 6.92 Å². The van der Waals surface area contributed by atoms with Crippen LogP contribution in [0.3, 0.4) is 0 Å². The Hall–Kier alpha value is -1.57. The number of carboxylic acid groups (broad SMARTS) is 1. The second-order valence-corrected chi connectivity index (χ2v) is 1.26. The molecule has 0 saturated heterocycles. The number of nitrogens with zero attached hydrogens (tertiary/aromatic N) is 2. The van der Waals surface area contributed by atoms with Crippen LogP contribution >= 0.6 is 0 Å². The Balaban J connectivity index is 4.09. The molecule has 0 saturated carbocycles. The Kier molecular flexibility index (Phi) is 3.64. The van der Waals surface area contributed by atoms with Gasteiger partial charge >= 0.3 is 0 Å². The SMILES string of the molecule is CCO/N=C(\C#N)C(=O)[O-]. The van der Waals surface area contributed by atoms with Crippen molar-refractivity contribution in [1.29, 1.82) is 5.26 Å². The standard InChI is InChI=1S/C5H6N2O3/c1-2-10-7-4(3-6)5(8)9/h2H2,1H3,(H,8,9)/p-1/b7-4+. The Morgan fingerprint density at radius 2 is 2.50 bits per heavy atom. The van der Waals surface area contributed by atoms with Gasteiger partial charge in [0.2, 0.25) is 5.71 Å². The van der Waals surface area contributed by atoms with E-state index in [4.69, 9.17) is 5.26 Å². The summed E-state index contributed by atoms with van der Waals surface area (Å²) in [6, 6.07) is 1.30. The molecule has 0 unspecified atom stereocenters. The second kappa shape index (κ2) is 4.32. The molecule has 5 heteroatoms. The molecule has 0 aliphatic rings. The van der Waals surface area contributed by atoms with Crippen molar-refractivity contribution in [2.24, 2.45) is 5.16 Å². The number of carbonyl (C=O) groups is 1. The van der Waals surface area contributed by atoms with Gasteiger partial charge in [-0.25, -0.2) is 0 Å². The van der Waals surface area contributed by atoms with Gasteiger partial charge in [0.05, 0.1) is 0 Å². The molecule has 0 amide bonds. The van der Waals surface area contributed by atoms with E-state index in [9.17, 15) is 9.90 Å². The van der Waals surface area contributed by atoms with E-state index >= 15 is 0 Å². The van der Waals surface area contributed by atoms with Gasteiger partial charge in [-0.3, -0.25) is 0 Å². The number of carboxylic acids is 1. The maximum absolute atomic E-state index is 9.89. The lowest BCUT2D eigenvalue weighted by atomic mass is 10.4. The van der Waals surface area contributed by atoms with E-state index in [0.29, 0.717) is 0 Å². The van der Waals surface area contributed by atoms with Crippen LogP contribution in [0.15, 0.2) is 5.16 Å². The smallest absolute Gasteiger partial charge is 0.202 e. The summed E-state index contributed by atoms with van der Waals surface area (Å²) < 4.78 is 0. The predicted molar refractivity (Wildman–Crippen MR) is 29.7 cm³/mol. The van der Waals surface area contributed by atoms with Crippen LogP contribution in [0.1, 0.15) is 6.92 Å². The van der Waals surface area contributed by atoms with Gasteiger partial charge in [-0.15, -0.1) is 0 Å². The third kappa shape index (κ3) is 2.67. The molecule has 0 aromatic carbocycles. The Bertz CT molecular complexity index is 192. The van der Waals surface area contributed by atoms with E-state index in [1.54, 1.807) is 6.92 Å². The van der Waals surface area contributed by atoms with E-state index in [0.717, 1.165) is 0 Å². The van der Waals surface area contributed by atoms with Crippen LogP contribution in [0.2, 0.25) is 0 Å². The maximum atomic E-state index is 9.89. The van der Waals surface area contributed by atoms with Crippen molar-refractivity contribution in [2.45, 2.75) is 6.92 Å². The van der Waals surface area contributed by atoms with Crippen LogP contribution in [0.4, 0.5) is 0 Å². The number of hydrogen-bond donors (Lipinski definition) is 0. The fraction of sp³-hybridized carbons (Fsp3) is 0.400. The summed E-state index contributed by atoms with van der Waals surface area (Å²) in [5.74, 6) is -1.63. The summed E-state index contributed by atoms with van der Waals surface area (Å²) in [7, 11) is 0. The van der Waals surface area contributed by atoms with Gasteiger partial charge in [-0.2, -0.15) is 5.26 Å². The van der Waals surface area contributed by atoms with E-state index in [1.807, 2.05) is 0 Å². The summed E-state index contributed by atoms with van der Waals surface area (Å²) in [5.41, 5.74) is -0.748. The van der Waals surface area contributed by atoms with Crippen LogP contribution in [-0.2, 0) is 9.63 Å². The van der Waals surface area contributed by atoms with Crippen molar-refractivity contribution < 1.29 is 14.7 Å². The van der Waals surface area contributed by atoms with Crippen molar-refractivity contribution in [1.82, 2.24) is 0 Å². The number of nitriles is 1. The summed E-state index contributed by atoms with van der Waals surface area (Å²) in [5, 5.41) is 20.9. The number of rotatable bonds is 3. The minimum absolute atomic E-state index is 0.221. The number of oxime groups is 1. The first-order chi connectivity index (χ1) is 4.72. The van der Waals surface area contributed by atoms with Crippen molar-refractivity contribution in [3.63, 3.8) is 0 Å². The molecular formula is C5H5N2O3-. The van der Waals surface area contributed by atoms with Crippen molar-refractivity contribution >= 4 is 11.7 Å². The zero-order chi connectivity index (χ0) is 7.98. The average Bonchev–Trinajstić information content (AvgIpc) is 1.89. The molecular weight excluding hydrogens is 136 g/mol. The first-order valence-corrected chi connectivity index (χ1v) is 2.53. The lowest BCUT2D eigenvalue weighted by molar-refractivity contribution is -0.294. The lowest BCUT2D eigenvalue weighted by Gasteiger charge is -1.96. The van der Waals surface area contributed by atoms with Crippen LogP contribution in [0.5, 0.6) is 0 Å². The fourth-order valence-electron chi connectivity index (χ4n) is 0.232. The highest BCUT2D eigenvalue weighted by molar-refractivity contribution is 6.41. The van der Waals surface area contributed by atoms with Crippen molar-refractivity contribution in [3.05, 3.63) is 0 Å². The van der Waals surface area contributed by atoms with E-state index in [2.05, 4.69) is 9.99 Å². The molecule has 0 fully saturated rings. The van der Waals surface area contributed by atoms with Crippen LogP contribution < -0.4 is 5.11 Å². The van der Waals surface area contributed by atoms with Crippen LogP contribution in [0.25, 0.3) is 0 Å². The van der Waals surface area contributed by atoms with E-state index < -0.39 is 11.7 Å². The van der Waals surface area contributed by atoms with E-state index in [-0.39, 0.29) is 6.61 Å². The minimum Gasteiger partial charge on any atom is -0.542 e. The quantitative estimate of drug-likeness (QED) is 0.359. The monoisotopic (exact) mass is 141 g/mol. The van der Waals surface area contributed by atoms with Gasteiger partial charge in [0, 0.05) is 0 Å². The molecule has 0 heterocycles. The Morgan fingerprint density at radius 1 is 1.90 bits per heavy atom. The third-order valence-corrected chi connectivity index (χ3v) is 0.584. The molecule has 0 aromatic heterocycles. The molecule has 0 bridgehead atoms. The summed E-state index contributed by atoms with van der Waals surface area (Å²) in [4.78, 5) is 14.2. The molecule has 0 aromatic rings. The number of carbonyl (C=O) groups excluding carboxylic acids is 1.